The molecule has 104 valence electrons. The number of nitrogens with zero attached hydrogens (tertiary/aromatic N) is 1. The lowest BCUT2D eigenvalue weighted by Crippen LogP contribution is -2.11. The van der Waals surface area contributed by atoms with Gasteiger partial charge in [0, 0.05) is 17.7 Å². The van der Waals surface area contributed by atoms with Crippen LogP contribution >= 0.6 is 0 Å². The lowest BCUT2D eigenvalue weighted by atomic mass is 10.1. The van der Waals surface area contributed by atoms with Crippen LogP contribution in [0.25, 0.3) is 0 Å². The van der Waals surface area contributed by atoms with Crippen LogP contribution in [-0.4, -0.2) is 4.92 Å². The first-order valence-corrected chi connectivity index (χ1v) is 5.73. The van der Waals surface area contributed by atoms with Crippen LogP contribution in [0.4, 0.5) is 15.8 Å². The Balaban J connectivity index is 2.22. The van der Waals surface area contributed by atoms with Crippen molar-refractivity contribution < 1.29 is 14.1 Å². The summed E-state index contributed by atoms with van der Waals surface area (Å²) in [6, 6.07) is 10.0. The largest absolute Gasteiger partial charge is 0.486 e. The van der Waals surface area contributed by atoms with Crippen LogP contribution < -0.4 is 16.0 Å². The van der Waals surface area contributed by atoms with Crippen LogP contribution in [0.1, 0.15) is 5.56 Å². The molecule has 0 bridgehead atoms. The summed E-state index contributed by atoms with van der Waals surface area (Å²) in [5.74, 6) is 4.90. The smallest absolute Gasteiger partial charge is 0.269 e. The molecule has 7 heteroatoms. The molecule has 20 heavy (non-hydrogen) atoms. The number of nitro groups is 1. The number of non-ortho nitro benzene ring substituents is 1. The highest BCUT2D eigenvalue weighted by Crippen LogP contribution is 2.24. The first kappa shape index (κ1) is 13.8. The highest BCUT2D eigenvalue weighted by atomic mass is 19.1. The van der Waals surface area contributed by atoms with Gasteiger partial charge in [-0.3, -0.25) is 16.0 Å². The van der Waals surface area contributed by atoms with Crippen molar-refractivity contribution in [1.29, 1.82) is 0 Å². The number of halogens is 1. The first-order chi connectivity index (χ1) is 9.61. The molecule has 0 fully saturated rings. The Bertz CT molecular complexity index is 634. The standard InChI is InChI=1S/C13H12FN3O3/c14-11-3-1-2-4-13(11)20-8-9-7-10(17(18)19)5-6-12(9)16-15/h1-7,16H,8,15H2. The Morgan fingerprint density at radius 2 is 2.05 bits per heavy atom. The molecule has 0 amide bonds. The number of nitrogen functional groups attached to an aromatic ring is 1. The molecule has 0 aromatic heterocycles. The molecule has 0 saturated carbocycles. The summed E-state index contributed by atoms with van der Waals surface area (Å²) < 4.78 is 18.7. The molecule has 0 saturated heterocycles. The first-order valence-electron chi connectivity index (χ1n) is 5.73. The molecule has 0 aliphatic heterocycles. The second-order valence-corrected chi connectivity index (χ2v) is 3.96. The molecule has 0 spiro atoms. The number of nitrogens with one attached hydrogen (secondary N) is 1. The SMILES string of the molecule is NNc1ccc([N+](=O)[O-])cc1COc1ccccc1F. The number of nitro benzene ring substituents is 1. The van der Waals surface area contributed by atoms with Gasteiger partial charge in [0.05, 0.1) is 10.6 Å². The van der Waals surface area contributed by atoms with Crippen LogP contribution in [0.2, 0.25) is 0 Å². The summed E-state index contributed by atoms with van der Waals surface area (Å²) in [4.78, 5) is 10.2. The number of benzene rings is 2. The molecule has 0 unspecified atom stereocenters. The number of para-hydroxylation sites is 1. The summed E-state index contributed by atoms with van der Waals surface area (Å²) in [7, 11) is 0. The maximum absolute atomic E-state index is 13.4. The minimum absolute atomic E-state index is 0.0395. The molecular formula is C13H12FN3O3. The van der Waals surface area contributed by atoms with Crippen LogP contribution in [0.15, 0.2) is 42.5 Å². The fourth-order valence-electron chi connectivity index (χ4n) is 1.67. The van der Waals surface area contributed by atoms with E-state index in [1.54, 1.807) is 12.1 Å². The molecule has 0 atom stereocenters. The second-order valence-electron chi connectivity index (χ2n) is 3.96. The van der Waals surface area contributed by atoms with Gasteiger partial charge < -0.3 is 10.2 Å². The van der Waals surface area contributed by atoms with E-state index in [0.717, 1.165) is 0 Å². The molecule has 2 aromatic rings. The van der Waals surface area contributed by atoms with E-state index in [9.17, 15) is 14.5 Å². The molecule has 3 N–H and O–H groups in total. The monoisotopic (exact) mass is 277 g/mol. The molecular weight excluding hydrogens is 265 g/mol. The summed E-state index contributed by atoms with van der Waals surface area (Å²) >= 11 is 0. The average molecular weight is 277 g/mol. The zero-order chi connectivity index (χ0) is 14.5. The molecule has 2 aromatic carbocycles. The molecule has 0 heterocycles. The summed E-state index contributed by atoms with van der Waals surface area (Å²) in [6.45, 7) is -0.0395. The van der Waals surface area contributed by atoms with Crippen molar-refractivity contribution >= 4 is 11.4 Å². The van der Waals surface area contributed by atoms with E-state index in [0.29, 0.717) is 11.3 Å². The van der Waals surface area contributed by atoms with Gasteiger partial charge in [-0.1, -0.05) is 12.1 Å². The van der Waals surface area contributed by atoms with Gasteiger partial charge in [-0.2, -0.15) is 0 Å². The van der Waals surface area contributed by atoms with Gasteiger partial charge >= 0.3 is 0 Å². The Morgan fingerprint density at radius 1 is 1.30 bits per heavy atom. The number of nitrogens with two attached hydrogens (primary N) is 1. The number of anilines is 1. The van der Waals surface area contributed by atoms with Gasteiger partial charge in [-0.25, -0.2) is 4.39 Å². The van der Waals surface area contributed by atoms with E-state index in [4.69, 9.17) is 10.6 Å². The fraction of sp³-hybridized carbons (Fsp3) is 0.0769. The van der Waals surface area contributed by atoms with Crippen LogP contribution in [0, 0.1) is 15.9 Å². The summed E-state index contributed by atoms with van der Waals surface area (Å²) in [5.41, 5.74) is 3.27. The van der Waals surface area contributed by atoms with E-state index in [2.05, 4.69) is 5.43 Å². The highest BCUT2D eigenvalue weighted by molar-refractivity contribution is 5.55. The Hall–Kier alpha value is -2.67. The van der Waals surface area contributed by atoms with Crippen molar-refractivity contribution in [3.05, 3.63) is 64.0 Å². The normalized spacial score (nSPS) is 10.1. The van der Waals surface area contributed by atoms with Gasteiger partial charge in [0.25, 0.3) is 5.69 Å². The third-order valence-electron chi connectivity index (χ3n) is 2.67. The quantitative estimate of drug-likeness (QED) is 0.498. The van der Waals surface area contributed by atoms with Crippen molar-refractivity contribution in [1.82, 2.24) is 0 Å². The summed E-state index contributed by atoms with van der Waals surface area (Å²) in [6.07, 6.45) is 0. The molecule has 2 rings (SSSR count). The lowest BCUT2D eigenvalue weighted by Gasteiger charge is -2.11. The van der Waals surface area contributed by atoms with Crippen molar-refractivity contribution in [2.24, 2.45) is 5.84 Å². The minimum Gasteiger partial charge on any atom is -0.486 e. The predicted molar refractivity (Wildman–Crippen MR) is 71.6 cm³/mol. The third kappa shape index (κ3) is 3.01. The molecule has 6 nitrogen and oxygen atoms in total. The van der Waals surface area contributed by atoms with Crippen LogP contribution in [0.3, 0.4) is 0 Å². The predicted octanol–water partition coefficient (Wildman–Crippen LogP) is 2.60. The summed E-state index contributed by atoms with van der Waals surface area (Å²) in [5, 5.41) is 10.7. The highest BCUT2D eigenvalue weighted by Gasteiger charge is 2.11. The van der Waals surface area contributed by atoms with Crippen LogP contribution in [-0.2, 0) is 6.61 Å². The van der Waals surface area contributed by atoms with Crippen LogP contribution in [0.5, 0.6) is 5.75 Å². The van der Waals surface area contributed by atoms with E-state index in [1.165, 1.54) is 30.3 Å². The van der Waals surface area contributed by atoms with Crippen molar-refractivity contribution in [2.45, 2.75) is 6.61 Å². The Kier molecular flexibility index (Phi) is 4.11. The van der Waals surface area contributed by atoms with Gasteiger partial charge in [0.15, 0.2) is 11.6 Å². The molecule has 0 aliphatic rings. The van der Waals surface area contributed by atoms with Gasteiger partial charge in [-0.15, -0.1) is 0 Å². The van der Waals surface area contributed by atoms with Gasteiger partial charge in [0.1, 0.15) is 6.61 Å². The van der Waals surface area contributed by atoms with Gasteiger partial charge in [0.2, 0.25) is 0 Å². The maximum atomic E-state index is 13.4. The van der Waals surface area contributed by atoms with E-state index in [1.807, 2.05) is 0 Å². The Morgan fingerprint density at radius 3 is 2.70 bits per heavy atom. The van der Waals surface area contributed by atoms with Gasteiger partial charge in [-0.05, 0) is 18.2 Å². The number of rotatable bonds is 5. The Labute approximate surface area is 114 Å². The fourth-order valence-corrected chi connectivity index (χ4v) is 1.67. The zero-order valence-corrected chi connectivity index (χ0v) is 10.4. The van der Waals surface area contributed by atoms with Crippen molar-refractivity contribution in [3.63, 3.8) is 0 Å². The zero-order valence-electron chi connectivity index (χ0n) is 10.4. The molecule has 0 radical (unpaired) electrons. The number of hydrazine groups is 1. The number of hydrogen-bond acceptors (Lipinski definition) is 5. The van der Waals surface area contributed by atoms with Crippen molar-refractivity contribution in [3.8, 4) is 5.75 Å². The van der Waals surface area contributed by atoms with E-state index >= 15 is 0 Å². The average Bonchev–Trinajstić information content (AvgIpc) is 2.46. The topological polar surface area (TPSA) is 90.4 Å². The molecule has 0 aliphatic carbocycles. The lowest BCUT2D eigenvalue weighted by molar-refractivity contribution is -0.384. The minimum atomic E-state index is -0.521. The van der Waals surface area contributed by atoms with Crippen molar-refractivity contribution in [2.75, 3.05) is 5.43 Å². The second kappa shape index (κ2) is 5.98. The van der Waals surface area contributed by atoms with E-state index in [-0.39, 0.29) is 18.0 Å². The number of ether oxygens (including phenoxy) is 1. The number of hydrogen-bond donors (Lipinski definition) is 2. The maximum Gasteiger partial charge on any atom is 0.269 e. The van der Waals surface area contributed by atoms with E-state index < -0.39 is 10.7 Å². The third-order valence-corrected chi connectivity index (χ3v) is 2.67.